The maximum Gasteiger partial charge on any atom is 0.264 e. The Morgan fingerprint density at radius 2 is 1.53 bits per heavy atom. The molecule has 1 N–H and O–H groups in total. The van der Waals surface area contributed by atoms with Gasteiger partial charge in [-0.1, -0.05) is 67.6 Å². The van der Waals surface area contributed by atoms with Gasteiger partial charge in [0.1, 0.15) is 18.3 Å². The fourth-order valence-corrected chi connectivity index (χ4v) is 5.48. The highest BCUT2D eigenvalue weighted by atomic mass is 32.2. The van der Waals surface area contributed by atoms with Crippen LogP contribution in [0.15, 0.2) is 89.8 Å². The first-order valence-electron chi connectivity index (χ1n) is 12.6. The number of nitrogens with zero attached hydrogens (tertiary/aromatic N) is 2. The molecule has 0 aliphatic rings. The van der Waals surface area contributed by atoms with Gasteiger partial charge in [0.2, 0.25) is 11.8 Å². The summed E-state index contributed by atoms with van der Waals surface area (Å²) in [5.41, 5.74) is 1.24. The molecule has 0 spiro atoms. The predicted octanol–water partition coefficient (Wildman–Crippen LogP) is 3.88. The van der Waals surface area contributed by atoms with Crippen LogP contribution in [0.2, 0.25) is 0 Å². The zero-order valence-corrected chi connectivity index (χ0v) is 22.9. The van der Waals surface area contributed by atoms with Gasteiger partial charge >= 0.3 is 0 Å². The molecular weight excluding hydrogens is 502 g/mol. The predicted molar refractivity (Wildman–Crippen MR) is 149 cm³/mol. The van der Waals surface area contributed by atoms with Crippen molar-refractivity contribution in [3.63, 3.8) is 0 Å². The van der Waals surface area contributed by atoms with Crippen molar-refractivity contribution in [1.29, 1.82) is 0 Å². The van der Waals surface area contributed by atoms with E-state index in [4.69, 9.17) is 4.74 Å². The molecule has 0 fully saturated rings. The van der Waals surface area contributed by atoms with E-state index in [0.717, 1.165) is 16.3 Å². The summed E-state index contributed by atoms with van der Waals surface area (Å²) in [7, 11) is -2.69. The Morgan fingerprint density at radius 1 is 0.921 bits per heavy atom. The molecule has 3 rings (SSSR count). The molecule has 202 valence electrons. The Kier molecular flexibility index (Phi) is 10.3. The first-order valence-corrected chi connectivity index (χ1v) is 14.1. The van der Waals surface area contributed by atoms with Gasteiger partial charge in [-0.2, -0.15) is 0 Å². The van der Waals surface area contributed by atoms with Gasteiger partial charge < -0.3 is 15.0 Å². The fourth-order valence-electron chi connectivity index (χ4n) is 4.03. The Labute approximate surface area is 225 Å². The smallest absolute Gasteiger partial charge is 0.264 e. The molecule has 2 amide bonds. The average molecular weight is 538 g/mol. The third kappa shape index (κ3) is 7.13. The van der Waals surface area contributed by atoms with Crippen LogP contribution in [0, 0.1) is 0 Å². The van der Waals surface area contributed by atoms with Crippen LogP contribution in [-0.4, -0.2) is 57.9 Å². The number of sulfonamides is 1. The van der Waals surface area contributed by atoms with Gasteiger partial charge in [0.15, 0.2) is 0 Å². The first-order chi connectivity index (χ1) is 18.3. The van der Waals surface area contributed by atoms with Gasteiger partial charge in [0.05, 0.1) is 17.7 Å². The second-order valence-corrected chi connectivity index (χ2v) is 10.6. The van der Waals surface area contributed by atoms with E-state index in [1.807, 2.05) is 37.3 Å². The number of hydrogen-bond donors (Lipinski definition) is 1. The Balaban J connectivity index is 1.99. The van der Waals surface area contributed by atoms with Crippen LogP contribution in [-0.2, 0) is 26.0 Å². The number of para-hydroxylation sites is 2. The lowest BCUT2D eigenvalue weighted by Crippen LogP contribution is -2.52. The van der Waals surface area contributed by atoms with Crippen LogP contribution in [0.3, 0.4) is 0 Å². The Hall–Kier alpha value is -3.85. The second-order valence-electron chi connectivity index (χ2n) is 8.79. The van der Waals surface area contributed by atoms with Crippen LogP contribution in [0.1, 0.15) is 25.8 Å². The summed E-state index contributed by atoms with van der Waals surface area (Å²) in [5.74, 6) is -0.474. The van der Waals surface area contributed by atoms with Crippen molar-refractivity contribution in [3.05, 3.63) is 90.5 Å². The van der Waals surface area contributed by atoms with E-state index >= 15 is 0 Å². The largest absolute Gasteiger partial charge is 0.495 e. The number of hydrogen-bond acceptors (Lipinski definition) is 5. The number of ether oxygens (including phenoxy) is 1. The summed E-state index contributed by atoms with van der Waals surface area (Å²) in [6, 6.07) is 23.4. The van der Waals surface area contributed by atoms with E-state index in [1.54, 1.807) is 49.4 Å². The van der Waals surface area contributed by atoms with Gasteiger partial charge in [-0.25, -0.2) is 8.42 Å². The molecule has 0 aromatic heterocycles. The highest BCUT2D eigenvalue weighted by Gasteiger charge is 2.33. The summed E-state index contributed by atoms with van der Waals surface area (Å²) in [5, 5.41) is 2.84. The number of methoxy groups -OCH3 is 1. The van der Waals surface area contributed by atoms with Crippen molar-refractivity contribution < 1.29 is 22.7 Å². The highest BCUT2D eigenvalue weighted by molar-refractivity contribution is 7.92. The molecule has 8 nitrogen and oxygen atoms in total. The number of amides is 2. The monoisotopic (exact) mass is 537 g/mol. The lowest BCUT2D eigenvalue weighted by Gasteiger charge is -2.32. The first kappa shape index (κ1) is 28.7. The van der Waals surface area contributed by atoms with Crippen LogP contribution < -0.4 is 14.4 Å². The van der Waals surface area contributed by atoms with Crippen LogP contribution >= 0.6 is 0 Å². The Bertz CT molecular complexity index is 1300. The minimum absolute atomic E-state index is 0.0447. The number of rotatable bonds is 13. The quantitative estimate of drug-likeness (QED) is 0.357. The summed E-state index contributed by atoms with van der Waals surface area (Å²) in [4.78, 5) is 28.2. The third-order valence-corrected chi connectivity index (χ3v) is 7.94. The van der Waals surface area contributed by atoms with Gasteiger partial charge in [0, 0.05) is 13.1 Å². The minimum Gasteiger partial charge on any atom is -0.495 e. The van der Waals surface area contributed by atoms with Crippen molar-refractivity contribution in [2.45, 2.75) is 37.6 Å². The van der Waals surface area contributed by atoms with Gasteiger partial charge in [-0.15, -0.1) is 0 Å². The summed E-state index contributed by atoms with van der Waals surface area (Å²) in [6.07, 6.45) is 1.27. The molecule has 9 heteroatoms. The van der Waals surface area contributed by atoms with Crippen LogP contribution in [0.4, 0.5) is 5.69 Å². The number of nitrogens with one attached hydrogen (secondary N) is 1. The van der Waals surface area contributed by atoms with E-state index in [2.05, 4.69) is 5.32 Å². The molecule has 0 bridgehead atoms. The molecular formula is C29H35N3O5S. The molecule has 38 heavy (non-hydrogen) atoms. The van der Waals surface area contributed by atoms with E-state index < -0.39 is 28.5 Å². The maximum atomic E-state index is 13.8. The van der Waals surface area contributed by atoms with E-state index in [-0.39, 0.29) is 23.0 Å². The number of carbonyl (C=O) groups is 2. The van der Waals surface area contributed by atoms with Crippen molar-refractivity contribution in [2.75, 3.05) is 31.0 Å². The third-order valence-electron chi connectivity index (χ3n) is 6.16. The molecule has 0 aliphatic carbocycles. The highest BCUT2D eigenvalue weighted by Crippen LogP contribution is 2.32. The standard InChI is InChI=1S/C29H35N3O5S/c1-4-20-30-29(34)23(2)31(21-19-24-13-7-5-8-14-24)28(33)22-32(26-17-11-12-18-27(26)37-3)38(35,36)25-15-9-6-10-16-25/h5-18,23H,4,19-22H2,1-3H3,(H,30,34)/t23-/m1/s1. The van der Waals surface area contributed by atoms with Gasteiger partial charge in [0.25, 0.3) is 10.0 Å². The maximum absolute atomic E-state index is 13.8. The lowest BCUT2D eigenvalue weighted by atomic mass is 10.1. The molecule has 0 radical (unpaired) electrons. The molecule has 0 saturated carbocycles. The van der Waals surface area contributed by atoms with Crippen LogP contribution in [0.25, 0.3) is 0 Å². The van der Waals surface area contributed by atoms with E-state index in [0.29, 0.717) is 18.7 Å². The molecule has 0 saturated heterocycles. The normalized spacial score (nSPS) is 11.9. The molecule has 3 aromatic carbocycles. The Morgan fingerprint density at radius 3 is 2.16 bits per heavy atom. The van der Waals surface area contributed by atoms with Gasteiger partial charge in [-0.05, 0) is 49.6 Å². The topological polar surface area (TPSA) is 96.0 Å². The van der Waals surface area contributed by atoms with E-state index in [1.165, 1.54) is 24.1 Å². The van der Waals surface area contributed by atoms with Crippen LogP contribution in [0.5, 0.6) is 5.75 Å². The van der Waals surface area contributed by atoms with Crippen molar-refractivity contribution >= 4 is 27.5 Å². The lowest BCUT2D eigenvalue weighted by molar-refractivity contribution is -0.138. The summed E-state index contributed by atoms with van der Waals surface area (Å²) >= 11 is 0. The molecule has 3 aromatic rings. The summed E-state index contributed by atoms with van der Waals surface area (Å²) in [6.45, 7) is 3.84. The minimum atomic E-state index is -4.14. The second kappa shape index (κ2) is 13.6. The fraction of sp³-hybridized carbons (Fsp3) is 0.310. The van der Waals surface area contributed by atoms with Crippen molar-refractivity contribution in [3.8, 4) is 5.75 Å². The molecule has 0 unspecified atom stereocenters. The van der Waals surface area contributed by atoms with Crippen molar-refractivity contribution in [2.24, 2.45) is 0 Å². The number of carbonyl (C=O) groups excluding carboxylic acids is 2. The zero-order chi connectivity index (χ0) is 27.5. The van der Waals surface area contributed by atoms with E-state index in [9.17, 15) is 18.0 Å². The molecule has 0 heterocycles. The summed E-state index contributed by atoms with van der Waals surface area (Å²) < 4.78 is 34.1. The average Bonchev–Trinajstić information content (AvgIpc) is 2.95. The van der Waals surface area contributed by atoms with Gasteiger partial charge in [-0.3, -0.25) is 13.9 Å². The van der Waals surface area contributed by atoms with Crippen molar-refractivity contribution in [1.82, 2.24) is 10.2 Å². The number of benzene rings is 3. The molecule has 0 aliphatic heterocycles. The zero-order valence-electron chi connectivity index (χ0n) is 22.0. The SMILES string of the molecule is CCCNC(=O)[C@@H](C)N(CCc1ccccc1)C(=O)CN(c1ccccc1OC)S(=O)(=O)c1ccccc1. The molecule has 1 atom stereocenters. The number of anilines is 1.